The van der Waals surface area contributed by atoms with E-state index in [1.54, 1.807) is 30.3 Å². The largest absolute Gasteiger partial charge is 0.506 e. The van der Waals surface area contributed by atoms with E-state index >= 15 is 0 Å². The summed E-state index contributed by atoms with van der Waals surface area (Å²) in [4.78, 5) is 11.4. The SMILES string of the molecule is O=C1C(S(=O)(=O)Cc2ccccc2)=C(O)C=CC1I. The minimum absolute atomic E-state index is 0.295. The lowest BCUT2D eigenvalue weighted by Crippen LogP contribution is -2.25. The van der Waals surface area contributed by atoms with Gasteiger partial charge in [0.15, 0.2) is 20.5 Å². The predicted molar refractivity (Wildman–Crippen MR) is 80.7 cm³/mol. The molecule has 1 aromatic carbocycles. The normalized spacial score (nSPS) is 19.8. The minimum atomic E-state index is -3.84. The van der Waals surface area contributed by atoms with Crippen LogP contribution in [0.5, 0.6) is 0 Å². The van der Waals surface area contributed by atoms with Gasteiger partial charge in [0.1, 0.15) is 5.76 Å². The third kappa shape index (κ3) is 3.06. The lowest BCUT2D eigenvalue weighted by atomic mass is 10.1. The Hall–Kier alpha value is -1.15. The molecule has 1 aromatic rings. The summed E-state index contributed by atoms with van der Waals surface area (Å²) in [5, 5.41) is 9.66. The topological polar surface area (TPSA) is 71.4 Å². The molecule has 0 saturated carbocycles. The van der Waals surface area contributed by atoms with Crippen LogP contribution in [0.3, 0.4) is 0 Å². The number of sulfone groups is 1. The van der Waals surface area contributed by atoms with Crippen molar-refractivity contribution < 1.29 is 18.3 Å². The number of benzene rings is 1. The van der Waals surface area contributed by atoms with Crippen molar-refractivity contribution in [3.63, 3.8) is 0 Å². The van der Waals surface area contributed by atoms with Gasteiger partial charge >= 0.3 is 0 Å². The highest BCUT2D eigenvalue weighted by molar-refractivity contribution is 14.1. The molecule has 0 heterocycles. The number of allylic oxidation sites excluding steroid dienone is 3. The number of aliphatic hydroxyl groups excluding tert-OH is 1. The number of carbonyl (C=O) groups is 1. The highest BCUT2D eigenvalue weighted by Gasteiger charge is 2.34. The van der Waals surface area contributed by atoms with Crippen LogP contribution in [0.4, 0.5) is 0 Å². The molecule has 1 unspecified atom stereocenters. The van der Waals surface area contributed by atoms with Crippen LogP contribution in [-0.4, -0.2) is 23.2 Å². The van der Waals surface area contributed by atoms with Crippen LogP contribution in [0, 0.1) is 0 Å². The van der Waals surface area contributed by atoms with E-state index in [4.69, 9.17) is 0 Å². The first-order chi connectivity index (χ1) is 8.92. The van der Waals surface area contributed by atoms with Gasteiger partial charge in [0.2, 0.25) is 0 Å². The van der Waals surface area contributed by atoms with Crippen molar-refractivity contribution in [2.45, 2.75) is 9.68 Å². The van der Waals surface area contributed by atoms with Crippen LogP contribution in [0.25, 0.3) is 0 Å². The first-order valence-electron chi connectivity index (χ1n) is 5.48. The summed E-state index contributed by atoms with van der Waals surface area (Å²) in [6, 6.07) is 8.56. The standard InChI is InChI=1S/C13H11IO4S/c14-10-6-7-11(15)13(12(10)16)19(17,18)8-9-4-2-1-3-5-9/h1-7,10,15H,8H2. The van der Waals surface area contributed by atoms with Gasteiger partial charge in [0.05, 0.1) is 9.68 Å². The maximum atomic E-state index is 12.2. The second-order valence-corrected chi connectivity index (χ2v) is 7.35. The first kappa shape index (κ1) is 14.3. The number of carbonyl (C=O) groups excluding carboxylic acids is 1. The average Bonchev–Trinajstić information content (AvgIpc) is 2.35. The van der Waals surface area contributed by atoms with Crippen molar-refractivity contribution in [2.24, 2.45) is 0 Å². The summed E-state index contributed by atoms with van der Waals surface area (Å²) in [7, 11) is -3.84. The van der Waals surface area contributed by atoms with Crippen molar-refractivity contribution in [1.29, 1.82) is 0 Å². The number of Topliss-reactive ketones (excluding diaryl/α,β-unsaturated/α-hetero) is 1. The zero-order valence-corrected chi connectivity index (χ0v) is 12.8. The van der Waals surface area contributed by atoms with E-state index in [-0.39, 0.29) is 5.75 Å². The van der Waals surface area contributed by atoms with E-state index in [1.807, 2.05) is 22.6 Å². The molecule has 1 aliphatic carbocycles. The number of halogens is 1. The van der Waals surface area contributed by atoms with Crippen LogP contribution in [0.1, 0.15) is 5.56 Å². The Morgan fingerprint density at radius 1 is 1.21 bits per heavy atom. The van der Waals surface area contributed by atoms with Crippen molar-refractivity contribution >= 4 is 38.2 Å². The predicted octanol–water partition coefficient (Wildman–Crippen LogP) is 2.31. The number of rotatable bonds is 3. The fourth-order valence-corrected chi connectivity index (χ4v) is 4.09. The smallest absolute Gasteiger partial charge is 0.194 e. The number of hydrogen-bond acceptors (Lipinski definition) is 4. The summed E-state index contributed by atoms with van der Waals surface area (Å²) in [5.41, 5.74) is 0.579. The van der Waals surface area contributed by atoms with Gasteiger partial charge in [-0.05, 0) is 11.6 Å². The highest BCUT2D eigenvalue weighted by atomic mass is 127. The van der Waals surface area contributed by atoms with Gasteiger partial charge < -0.3 is 5.11 Å². The molecule has 0 spiro atoms. The summed E-state index contributed by atoms with van der Waals surface area (Å²) in [6.45, 7) is 0. The zero-order valence-electron chi connectivity index (χ0n) is 9.78. The molecular weight excluding hydrogens is 379 g/mol. The quantitative estimate of drug-likeness (QED) is 0.635. The van der Waals surface area contributed by atoms with Gasteiger partial charge in [0.25, 0.3) is 0 Å². The summed E-state index contributed by atoms with van der Waals surface area (Å²) in [6.07, 6.45) is 2.73. The third-order valence-corrected chi connectivity index (χ3v) is 5.37. The summed E-state index contributed by atoms with van der Waals surface area (Å²) >= 11 is 1.83. The van der Waals surface area contributed by atoms with Gasteiger partial charge in [-0.15, -0.1) is 0 Å². The maximum absolute atomic E-state index is 12.2. The Bertz CT molecular complexity index is 659. The van der Waals surface area contributed by atoms with Gasteiger partial charge in [-0.3, -0.25) is 4.79 Å². The van der Waals surface area contributed by atoms with E-state index in [0.717, 1.165) is 0 Å². The maximum Gasteiger partial charge on any atom is 0.194 e. The summed E-state index contributed by atoms with van der Waals surface area (Å²) in [5.74, 6) is -1.35. The molecule has 0 amide bonds. The van der Waals surface area contributed by atoms with E-state index in [1.165, 1.54) is 12.2 Å². The number of aliphatic hydroxyl groups is 1. The molecule has 4 nitrogen and oxygen atoms in total. The van der Waals surface area contributed by atoms with Gasteiger partial charge in [-0.2, -0.15) is 0 Å². The number of hydrogen-bond donors (Lipinski definition) is 1. The van der Waals surface area contributed by atoms with E-state index in [9.17, 15) is 18.3 Å². The Morgan fingerprint density at radius 3 is 2.47 bits per heavy atom. The molecule has 0 fully saturated rings. The van der Waals surface area contributed by atoms with Crippen molar-refractivity contribution in [3.05, 3.63) is 58.7 Å². The minimum Gasteiger partial charge on any atom is -0.506 e. The van der Waals surface area contributed by atoms with Crippen molar-refractivity contribution in [3.8, 4) is 0 Å². The molecule has 0 aliphatic heterocycles. The molecule has 0 aromatic heterocycles. The Kier molecular flexibility index (Phi) is 4.10. The fraction of sp³-hybridized carbons (Fsp3) is 0.154. The summed E-state index contributed by atoms with van der Waals surface area (Å²) < 4.78 is 23.9. The molecule has 6 heteroatoms. The van der Waals surface area contributed by atoms with Crippen molar-refractivity contribution in [2.75, 3.05) is 0 Å². The Balaban J connectivity index is 2.40. The Labute approximate surface area is 124 Å². The van der Waals surface area contributed by atoms with Crippen LogP contribution < -0.4 is 0 Å². The lowest BCUT2D eigenvalue weighted by molar-refractivity contribution is -0.113. The molecule has 1 aliphatic rings. The second-order valence-electron chi connectivity index (χ2n) is 4.08. The van der Waals surface area contributed by atoms with Crippen LogP contribution in [0.2, 0.25) is 0 Å². The van der Waals surface area contributed by atoms with Gasteiger partial charge in [0, 0.05) is 0 Å². The molecular formula is C13H11IO4S. The monoisotopic (exact) mass is 390 g/mol. The fourth-order valence-electron chi connectivity index (χ4n) is 1.77. The molecule has 0 saturated heterocycles. The lowest BCUT2D eigenvalue weighted by Gasteiger charge is -2.15. The van der Waals surface area contributed by atoms with Crippen LogP contribution in [0.15, 0.2) is 53.1 Å². The zero-order chi connectivity index (χ0) is 14.0. The van der Waals surface area contributed by atoms with Gasteiger partial charge in [-0.1, -0.05) is 59.0 Å². The molecule has 19 heavy (non-hydrogen) atoms. The second kappa shape index (κ2) is 5.46. The molecule has 0 bridgehead atoms. The number of alkyl halides is 1. The van der Waals surface area contributed by atoms with E-state index in [0.29, 0.717) is 5.56 Å². The van der Waals surface area contributed by atoms with E-state index in [2.05, 4.69) is 0 Å². The highest BCUT2D eigenvalue weighted by Crippen LogP contribution is 2.26. The average molecular weight is 390 g/mol. The molecule has 1 N–H and O–H groups in total. The van der Waals surface area contributed by atoms with Crippen molar-refractivity contribution in [1.82, 2.24) is 0 Å². The number of ketones is 1. The van der Waals surface area contributed by atoms with Crippen LogP contribution >= 0.6 is 22.6 Å². The third-order valence-electron chi connectivity index (χ3n) is 2.64. The van der Waals surface area contributed by atoms with Crippen LogP contribution in [-0.2, 0) is 20.4 Å². The molecule has 0 radical (unpaired) electrons. The molecule has 1 atom stereocenters. The van der Waals surface area contributed by atoms with E-state index < -0.39 is 30.2 Å². The first-order valence-corrected chi connectivity index (χ1v) is 8.38. The Morgan fingerprint density at radius 2 is 1.84 bits per heavy atom. The molecule has 100 valence electrons. The van der Waals surface area contributed by atoms with Gasteiger partial charge in [-0.25, -0.2) is 8.42 Å². The molecule has 2 rings (SSSR count).